The van der Waals surface area contributed by atoms with Crippen LogP contribution in [0.15, 0.2) is 109 Å². The van der Waals surface area contributed by atoms with E-state index in [1.807, 2.05) is 0 Å². The zero-order valence-electron chi connectivity index (χ0n) is 17.1. The molecule has 5 heteroatoms. The predicted octanol–water partition coefficient (Wildman–Crippen LogP) is -0.440. The molecular weight excluding hydrogens is 760 g/mol. The van der Waals surface area contributed by atoms with Gasteiger partial charge in [0, 0.05) is 71.8 Å². The largest absolute Gasteiger partial charge is 0.493 e. The van der Waals surface area contributed by atoms with Crippen LogP contribution in [-0.4, -0.2) is 6.61 Å². The fourth-order valence-electron chi connectivity index (χ4n) is 2.80. The number of hydrogen-bond donors (Lipinski definition) is 0. The topological polar surface area (TPSA) is 9.23 Å². The third kappa shape index (κ3) is 9.62. The SMILES string of the molecule is [Y].[Y].c1ccc([I+]c2ccc(CCOc3ccc([I+]c4ccccc4)cc3)cc2)cc1. The van der Waals surface area contributed by atoms with Crippen molar-refractivity contribution in [1.29, 1.82) is 0 Å². The van der Waals surface area contributed by atoms with Gasteiger partial charge in [-0.25, -0.2) is 0 Å². The fraction of sp³-hybridized carbons (Fsp3) is 0.0769. The molecule has 0 heterocycles. The molecule has 0 atom stereocenters. The third-order valence-electron chi connectivity index (χ3n) is 4.29. The first kappa shape index (κ1) is 27.6. The fourth-order valence-corrected chi connectivity index (χ4v) is 7.23. The number of benzene rings is 4. The maximum Gasteiger partial charge on any atom is 0.357 e. The van der Waals surface area contributed by atoms with Crippen molar-refractivity contribution in [2.75, 3.05) is 6.61 Å². The summed E-state index contributed by atoms with van der Waals surface area (Å²) in [4.78, 5) is 0. The molecule has 0 bridgehead atoms. The Labute approximate surface area is 256 Å². The molecule has 0 aromatic heterocycles. The van der Waals surface area contributed by atoms with Crippen LogP contribution in [0.2, 0.25) is 0 Å². The Kier molecular flexibility index (Phi) is 13.6. The molecule has 4 aromatic rings. The second kappa shape index (κ2) is 15.3. The standard InChI is InChI=1S/C26H22I2O.2Y/c1-3-7-22(8-4-1)27-24-13-11-21(12-14-24)19-20-29-26-17-15-25(16-18-26)28-23-9-5-2-6-10-23;;/h1-18H,19-20H2;;/q+2;;. The van der Waals surface area contributed by atoms with E-state index in [9.17, 15) is 0 Å². The zero-order valence-corrected chi connectivity index (χ0v) is 27.1. The average Bonchev–Trinajstić information content (AvgIpc) is 2.78. The summed E-state index contributed by atoms with van der Waals surface area (Å²) in [6.07, 6.45) is 0.933. The summed E-state index contributed by atoms with van der Waals surface area (Å²) in [5, 5.41) is 0. The molecule has 31 heavy (non-hydrogen) atoms. The van der Waals surface area contributed by atoms with Crippen LogP contribution in [0, 0.1) is 14.3 Å². The minimum atomic E-state index is -0.110. The normalized spacial score (nSPS) is 9.94. The molecule has 0 amide bonds. The minimum absolute atomic E-state index is 0. The summed E-state index contributed by atoms with van der Waals surface area (Å²) in [5.74, 6) is 0.956. The first-order valence-corrected chi connectivity index (χ1v) is 13.9. The molecule has 0 aliphatic rings. The van der Waals surface area contributed by atoms with E-state index < -0.39 is 0 Å². The first-order valence-electron chi connectivity index (χ1n) is 9.57. The Morgan fingerprint density at radius 3 is 1.39 bits per heavy atom. The van der Waals surface area contributed by atoms with E-state index in [2.05, 4.69) is 109 Å². The number of hydrogen-bond acceptors (Lipinski definition) is 1. The molecular formula is C26H22I2OY2+2. The van der Waals surface area contributed by atoms with Crippen molar-refractivity contribution < 1.29 is 113 Å². The first-order chi connectivity index (χ1) is 14.3. The van der Waals surface area contributed by atoms with E-state index in [0.29, 0.717) is 6.61 Å². The van der Waals surface area contributed by atoms with Gasteiger partial charge in [0.2, 0.25) is 0 Å². The van der Waals surface area contributed by atoms with Crippen LogP contribution in [0.3, 0.4) is 0 Å². The molecule has 0 aliphatic carbocycles. The molecule has 0 spiro atoms. The van der Waals surface area contributed by atoms with Crippen LogP contribution in [0.25, 0.3) is 0 Å². The van der Waals surface area contributed by atoms with Crippen molar-refractivity contribution in [2.24, 2.45) is 0 Å². The Balaban J connectivity index is 0.00000171. The summed E-state index contributed by atoms with van der Waals surface area (Å²) in [5.41, 5.74) is 1.33. The van der Waals surface area contributed by atoms with Crippen molar-refractivity contribution in [2.45, 2.75) is 6.42 Å². The van der Waals surface area contributed by atoms with Crippen molar-refractivity contribution in [3.05, 3.63) is 129 Å². The van der Waals surface area contributed by atoms with Gasteiger partial charge in [-0.05, 0) is 66.2 Å². The Bertz CT molecular complexity index is 924. The summed E-state index contributed by atoms with van der Waals surface area (Å²) >= 11 is -0.195. The van der Waals surface area contributed by atoms with Gasteiger partial charge in [0.05, 0.1) is 6.61 Å². The van der Waals surface area contributed by atoms with Gasteiger partial charge in [-0.15, -0.1) is 0 Å². The molecule has 0 saturated heterocycles. The van der Waals surface area contributed by atoms with E-state index in [4.69, 9.17) is 4.74 Å². The van der Waals surface area contributed by atoms with Gasteiger partial charge in [-0.2, -0.15) is 0 Å². The van der Waals surface area contributed by atoms with Gasteiger partial charge in [0.15, 0.2) is 14.3 Å². The molecule has 0 N–H and O–H groups in total. The van der Waals surface area contributed by atoms with E-state index in [1.54, 1.807) is 0 Å². The number of halogens is 2. The monoisotopic (exact) mass is 782 g/mol. The molecule has 0 unspecified atom stereocenters. The van der Waals surface area contributed by atoms with E-state index in [0.717, 1.165) is 12.2 Å². The van der Waals surface area contributed by atoms with Crippen LogP contribution in [-0.2, 0) is 71.8 Å². The number of ether oxygens (including phenoxy) is 1. The van der Waals surface area contributed by atoms with E-state index in [-0.39, 0.29) is 108 Å². The smallest absolute Gasteiger partial charge is 0.357 e. The summed E-state index contributed by atoms with van der Waals surface area (Å²) in [6.45, 7) is 0.708. The molecule has 2 radical (unpaired) electrons. The Hall–Kier alpha value is 0.348. The molecule has 150 valence electrons. The van der Waals surface area contributed by atoms with Gasteiger partial charge in [-0.3, -0.25) is 0 Å². The van der Waals surface area contributed by atoms with Crippen LogP contribution in [0.4, 0.5) is 0 Å². The van der Waals surface area contributed by atoms with E-state index in [1.165, 1.54) is 19.8 Å². The molecule has 4 aromatic carbocycles. The van der Waals surface area contributed by atoms with Crippen LogP contribution >= 0.6 is 0 Å². The van der Waals surface area contributed by atoms with E-state index >= 15 is 0 Å². The summed E-state index contributed by atoms with van der Waals surface area (Å²) in [7, 11) is 0. The van der Waals surface area contributed by atoms with Crippen LogP contribution in [0.1, 0.15) is 5.56 Å². The van der Waals surface area contributed by atoms with Gasteiger partial charge in [0.25, 0.3) is 0 Å². The predicted molar refractivity (Wildman–Crippen MR) is 110 cm³/mol. The maximum absolute atomic E-state index is 5.96. The summed E-state index contributed by atoms with van der Waals surface area (Å²) < 4.78 is 11.7. The third-order valence-corrected chi connectivity index (χ3v) is 9.66. The quantitative estimate of drug-likeness (QED) is 0.221. The van der Waals surface area contributed by atoms with Crippen molar-refractivity contribution in [3.63, 3.8) is 0 Å². The van der Waals surface area contributed by atoms with Crippen LogP contribution < -0.4 is 47.1 Å². The van der Waals surface area contributed by atoms with Gasteiger partial charge >= 0.3 is 42.4 Å². The van der Waals surface area contributed by atoms with Crippen molar-refractivity contribution in [1.82, 2.24) is 0 Å². The van der Waals surface area contributed by atoms with Gasteiger partial charge in [0.1, 0.15) is 5.75 Å². The van der Waals surface area contributed by atoms with Crippen molar-refractivity contribution in [3.8, 4) is 5.75 Å². The van der Waals surface area contributed by atoms with Gasteiger partial charge < -0.3 is 4.74 Å². The van der Waals surface area contributed by atoms with Crippen LogP contribution in [0.5, 0.6) is 5.75 Å². The maximum atomic E-state index is 5.96. The number of rotatable bonds is 8. The Morgan fingerprint density at radius 1 is 0.484 bits per heavy atom. The second-order valence-corrected chi connectivity index (χ2v) is 12.5. The Morgan fingerprint density at radius 2 is 0.903 bits per heavy atom. The summed E-state index contributed by atoms with van der Waals surface area (Å²) in [6, 6.07) is 39.2. The molecule has 4 rings (SSSR count). The molecule has 0 aliphatic heterocycles. The minimum Gasteiger partial charge on any atom is -0.493 e. The molecule has 0 saturated carbocycles. The van der Waals surface area contributed by atoms with Crippen molar-refractivity contribution >= 4 is 0 Å². The zero-order chi connectivity index (χ0) is 19.7. The second-order valence-electron chi connectivity index (χ2n) is 6.46. The molecule has 1 nitrogen and oxygen atoms in total. The average molecular weight is 782 g/mol. The van der Waals surface area contributed by atoms with Gasteiger partial charge in [-0.1, -0.05) is 48.5 Å². The molecule has 0 fully saturated rings.